The minimum absolute atomic E-state index is 0.314. The lowest BCUT2D eigenvalue weighted by Crippen LogP contribution is -2.18. The van der Waals surface area contributed by atoms with E-state index in [2.05, 4.69) is 25.1 Å². The van der Waals surface area contributed by atoms with Crippen LogP contribution in [0, 0.1) is 6.92 Å². The molecule has 0 fully saturated rings. The SMILES string of the molecule is Cc1cc(-c2nc(-c3ccc(C(F)(F)F)cc3)nc(C(C)(C)C)n2)n[nH]1. The lowest BCUT2D eigenvalue weighted by atomic mass is 9.95. The Morgan fingerprint density at radius 1 is 0.885 bits per heavy atom. The molecule has 0 atom stereocenters. The molecule has 0 spiro atoms. The van der Waals surface area contributed by atoms with Crippen molar-refractivity contribution < 1.29 is 13.2 Å². The van der Waals surface area contributed by atoms with E-state index in [4.69, 9.17) is 0 Å². The molecule has 0 radical (unpaired) electrons. The van der Waals surface area contributed by atoms with Crippen molar-refractivity contribution in [3.8, 4) is 22.9 Å². The van der Waals surface area contributed by atoms with Gasteiger partial charge >= 0.3 is 6.18 Å². The normalized spacial score (nSPS) is 12.4. The van der Waals surface area contributed by atoms with Crippen LogP contribution in [0.3, 0.4) is 0 Å². The van der Waals surface area contributed by atoms with E-state index >= 15 is 0 Å². The molecule has 1 N–H and O–H groups in total. The van der Waals surface area contributed by atoms with Gasteiger partial charge in [0.15, 0.2) is 11.6 Å². The summed E-state index contributed by atoms with van der Waals surface area (Å²) in [6, 6.07) is 6.58. The molecular weight excluding hydrogens is 343 g/mol. The predicted octanol–water partition coefficient (Wildman–Crippen LogP) is 4.55. The van der Waals surface area contributed by atoms with Gasteiger partial charge in [0, 0.05) is 16.7 Å². The van der Waals surface area contributed by atoms with Gasteiger partial charge in [-0.05, 0) is 25.1 Å². The summed E-state index contributed by atoms with van der Waals surface area (Å²) in [5, 5.41) is 7.00. The first-order chi connectivity index (χ1) is 12.0. The standard InChI is InChI=1S/C18H18F3N5/c1-10-9-13(26-25-10)15-22-14(23-16(24-15)17(2,3)4)11-5-7-12(8-6-11)18(19,20)21/h5-9H,1-4H3,(H,25,26). The highest BCUT2D eigenvalue weighted by atomic mass is 19.4. The predicted molar refractivity (Wildman–Crippen MR) is 91.3 cm³/mol. The molecular formula is C18H18F3N5. The van der Waals surface area contributed by atoms with Gasteiger partial charge in [0.1, 0.15) is 11.5 Å². The summed E-state index contributed by atoms with van der Waals surface area (Å²) in [5.41, 5.74) is 0.829. The van der Waals surface area contributed by atoms with Crippen LogP contribution < -0.4 is 0 Å². The first-order valence-corrected chi connectivity index (χ1v) is 8.00. The fourth-order valence-corrected chi connectivity index (χ4v) is 2.30. The zero-order chi connectivity index (χ0) is 19.1. The highest BCUT2D eigenvalue weighted by Gasteiger charge is 2.30. The zero-order valence-corrected chi connectivity index (χ0v) is 14.8. The Balaban J connectivity index is 2.11. The minimum atomic E-state index is -4.38. The summed E-state index contributed by atoms with van der Waals surface area (Å²) in [7, 11) is 0. The van der Waals surface area contributed by atoms with Crippen LogP contribution in [-0.2, 0) is 11.6 Å². The maximum Gasteiger partial charge on any atom is 0.416 e. The number of benzene rings is 1. The number of hydrogen-bond donors (Lipinski definition) is 1. The molecule has 3 rings (SSSR count). The van der Waals surface area contributed by atoms with Gasteiger partial charge in [-0.3, -0.25) is 5.10 Å². The lowest BCUT2D eigenvalue weighted by molar-refractivity contribution is -0.137. The van der Waals surface area contributed by atoms with E-state index in [-0.39, 0.29) is 5.41 Å². The van der Waals surface area contributed by atoms with Gasteiger partial charge in [-0.25, -0.2) is 15.0 Å². The molecule has 0 aliphatic carbocycles. The van der Waals surface area contributed by atoms with Crippen LogP contribution in [-0.4, -0.2) is 25.1 Å². The average Bonchev–Trinajstić information content (AvgIpc) is 2.99. The second kappa shape index (κ2) is 6.19. The van der Waals surface area contributed by atoms with Crippen molar-refractivity contribution in [1.82, 2.24) is 25.1 Å². The number of nitrogens with zero attached hydrogens (tertiary/aromatic N) is 4. The molecule has 0 saturated heterocycles. The Morgan fingerprint density at radius 3 is 2.00 bits per heavy atom. The number of rotatable bonds is 2. The number of halogens is 3. The Kier molecular flexibility index (Phi) is 4.29. The van der Waals surface area contributed by atoms with Crippen molar-refractivity contribution in [1.29, 1.82) is 0 Å². The zero-order valence-electron chi connectivity index (χ0n) is 14.8. The van der Waals surface area contributed by atoms with E-state index in [9.17, 15) is 13.2 Å². The quantitative estimate of drug-likeness (QED) is 0.727. The summed E-state index contributed by atoms with van der Waals surface area (Å²) in [5.74, 6) is 1.23. The van der Waals surface area contributed by atoms with E-state index in [1.807, 2.05) is 27.7 Å². The van der Waals surface area contributed by atoms with Gasteiger partial charge in [-0.2, -0.15) is 18.3 Å². The third kappa shape index (κ3) is 3.74. The molecule has 0 aliphatic rings. The maximum absolute atomic E-state index is 12.8. The molecule has 0 amide bonds. The Labute approximate surface area is 148 Å². The molecule has 2 heterocycles. The average molecular weight is 361 g/mol. The van der Waals surface area contributed by atoms with Crippen molar-refractivity contribution >= 4 is 0 Å². The number of aromatic nitrogens is 5. The molecule has 2 aromatic heterocycles. The third-order valence-corrected chi connectivity index (χ3v) is 3.71. The van der Waals surface area contributed by atoms with E-state index in [0.29, 0.717) is 28.7 Å². The number of alkyl halides is 3. The Bertz CT molecular complexity index is 921. The van der Waals surface area contributed by atoms with Gasteiger partial charge in [0.25, 0.3) is 0 Å². The Morgan fingerprint density at radius 2 is 1.50 bits per heavy atom. The first kappa shape index (κ1) is 18.0. The molecule has 3 aromatic rings. The van der Waals surface area contributed by atoms with Crippen LogP contribution in [0.2, 0.25) is 0 Å². The van der Waals surface area contributed by atoms with E-state index < -0.39 is 11.7 Å². The van der Waals surface area contributed by atoms with E-state index in [0.717, 1.165) is 17.8 Å². The molecule has 0 aliphatic heterocycles. The lowest BCUT2D eigenvalue weighted by Gasteiger charge is -2.17. The fraction of sp³-hybridized carbons (Fsp3) is 0.333. The molecule has 5 nitrogen and oxygen atoms in total. The smallest absolute Gasteiger partial charge is 0.282 e. The van der Waals surface area contributed by atoms with Crippen molar-refractivity contribution in [2.24, 2.45) is 0 Å². The number of aryl methyl sites for hydroxylation is 1. The minimum Gasteiger partial charge on any atom is -0.282 e. The number of nitrogens with one attached hydrogen (secondary N) is 1. The van der Waals surface area contributed by atoms with Gasteiger partial charge in [-0.15, -0.1) is 0 Å². The number of hydrogen-bond acceptors (Lipinski definition) is 4. The van der Waals surface area contributed by atoms with Crippen LogP contribution in [0.5, 0.6) is 0 Å². The van der Waals surface area contributed by atoms with Crippen LogP contribution in [0.15, 0.2) is 30.3 Å². The fourth-order valence-electron chi connectivity index (χ4n) is 2.30. The molecule has 136 valence electrons. The molecule has 26 heavy (non-hydrogen) atoms. The van der Waals surface area contributed by atoms with E-state index in [1.165, 1.54) is 12.1 Å². The summed E-state index contributed by atoms with van der Waals surface area (Å²) in [4.78, 5) is 13.4. The van der Waals surface area contributed by atoms with Gasteiger partial charge in [-0.1, -0.05) is 32.9 Å². The summed E-state index contributed by atoms with van der Waals surface area (Å²) < 4.78 is 38.3. The number of H-pyrrole nitrogens is 1. The summed E-state index contributed by atoms with van der Waals surface area (Å²) in [6.45, 7) is 7.73. The largest absolute Gasteiger partial charge is 0.416 e. The van der Waals surface area contributed by atoms with Crippen molar-refractivity contribution in [2.45, 2.75) is 39.3 Å². The van der Waals surface area contributed by atoms with Crippen LogP contribution in [0.1, 0.15) is 37.9 Å². The monoisotopic (exact) mass is 361 g/mol. The van der Waals surface area contributed by atoms with Gasteiger partial charge < -0.3 is 0 Å². The molecule has 0 bridgehead atoms. The number of aromatic amines is 1. The molecule has 1 aromatic carbocycles. The molecule has 8 heteroatoms. The summed E-state index contributed by atoms with van der Waals surface area (Å²) >= 11 is 0. The van der Waals surface area contributed by atoms with Crippen LogP contribution >= 0.6 is 0 Å². The first-order valence-electron chi connectivity index (χ1n) is 8.00. The maximum atomic E-state index is 12.8. The van der Waals surface area contributed by atoms with Crippen molar-refractivity contribution in [3.05, 3.63) is 47.4 Å². The topological polar surface area (TPSA) is 67.3 Å². The molecule has 0 saturated carbocycles. The van der Waals surface area contributed by atoms with Crippen molar-refractivity contribution in [3.63, 3.8) is 0 Å². The highest BCUT2D eigenvalue weighted by Crippen LogP contribution is 2.31. The second-order valence-electron chi connectivity index (χ2n) is 7.07. The highest BCUT2D eigenvalue weighted by molar-refractivity contribution is 5.59. The van der Waals surface area contributed by atoms with E-state index in [1.54, 1.807) is 6.07 Å². The van der Waals surface area contributed by atoms with Crippen LogP contribution in [0.25, 0.3) is 22.9 Å². The van der Waals surface area contributed by atoms with Gasteiger partial charge in [0.05, 0.1) is 5.56 Å². The van der Waals surface area contributed by atoms with Crippen LogP contribution in [0.4, 0.5) is 13.2 Å². The van der Waals surface area contributed by atoms with Gasteiger partial charge in [0.2, 0.25) is 0 Å². The van der Waals surface area contributed by atoms with Crippen molar-refractivity contribution in [2.75, 3.05) is 0 Å². The summed E-state index contributed by atoms with van der Waals surface area (Å²) in [6.07, 6.45) is -4.38. The third-order valence-electron chi connectivity index (χ3n) is 3.71. The second-order valence-corrected chi connectivity index (χ2v) is 7.07. The molecule has 0 unspecified atom stereocenters. The Hall–Kier alpha value is -2.77.